The average Bonchev–Trinajstić information content (AvgIpc) is 3.25. The van der Waals surface area contributed by atoms with Crippen LogP contribution in [0.25, 0.3) is 10.9 Å². The molecule has 0 saturated carbocycles. The second kappa shape index (κ2) is 11.7. The van der Waals surface area contributed by atoms with Crippen molar-refractivity contribution in [1.29, 1.82) is 0 Å². The topological polar surface area (TPSA) is 90.0 Å². The van der Waals surface area contributed by atoms with E-state index < -0.39 is 31.3 Å². The molecule has 0 amide bonds. The Balaban J connectivity index is 1.75. The molecule has 7 nitrogen and oxygen atoms in total. The lowest BCUT2D eigenvalue weighted by Crippen LogP contribution is -2.50. The molecule has 0 fully saturated rings. The maximum Gasteiger partial charge on any atom is 0.283 e. The summed E-state index contributed by atoms with van der Waals surface area (Å²) in [6.45, 7) is 0.336. The predicted molar refractivity (Wildman–Crippen MR) is 135 cm³/mol. The number of nitrogens with zero attached hydrogens (tertiary/aromatic N) is 1. The van der Waals surface area contributed by atoms with Crippen LogP contribution in [0.1, 0.15) is 36.2 Å². The number of para-hydroxylation sites is 1. The number of hydrogen-bond acceptors (Lipinski definition) is 6. The summed E-state index contributed by atoms with van der Waals surface area (Å²) in [4.78, 5) is 4.66. The van der Waals surface area contributed by atoms with Gasteiger partial charge in [-0.15, -0.1) is 0 Å². The molecule has 3 atom stereocenters. The zero-order chi connectivity index (χ0) is 26.6. The highest BCUT2D eigenvalue weighted by atomic mass is 19.3. The molecule has 1 aliphatic rings. The fraction of sp³-hybridized carbons (Fsp3) is 0.481. The van der Waals surface area contributed by atoms with Crippen molar-refractivity contribution >= 4 is 10.9 Å². The number of H-pyrrole nitrogens is 1. The molecule has 0 saturated heterocycles. The molecule has 1 aliphatic heterocycles. The molecule has 0 spiro atoms. The Hall–Kier alpha value is -2.79. The van der Waals surface area contributed by atoms with Gasteiger partial charge in [0.15, 0.2) is 0 Å². The SMILES string of the molecule is COc1ccc(O[C@H](C)CNCCCF)cc1[C@@H]1c2[nH]c3ccccc3c2C[C@@H](O)N1CC(F)(F)CO. The van der Waals surface area contributed by atoms with E-state index in [0.717, 1.165) is 16.5 Å². The van der Waals surface area contributed by atoms with Crippen molar-refractivity contribution in [2.45, 2.75) is 44.1 Å². The van der Waals surface area contributed by atoms with Crippen LogP contribution >= 0.6 is 0 Å². The van der Waals surface area contributed by atoms with Crippen molar-refractivity contribution in [2.24, 2.45) is 0 Å². The highest BCUT2D eigenvalue weighted by Gasteiger charge is 2.43. The largest absolute Gasteiger partial charge is 0.496 e. The fourth-order valence-corrected chi connectivity index (χ4v) is 4.93. The Labute approximate surface area is 214 Å². The minimum Gasteiger partial charge on any atom is -0.496 e. The molecule has 0 radical (unpaired) electrons. The molecule has 0 bridgehead atoms. The predicted octanol–water partition coefficient (Wildman–Crippen LogP) is 3.79. The van der Waals surface area contributed by atoms with Gasteiger partial charge in [-0.2, -0.15) is 0 Å². The van der Waals surface area contributed by atoms with Crippen LogP contribution in [-0.4, -0.2) is 78.4 Å². The molecule has 0 aliphatic carbocycles. The first-order valence-corrected chi connectivity index (χ1v) is 12.4. The van der Waals surface area contributed by atoms with Crippen molar-refractivity contribution in [3.8, 4) is 11.5 Å². The molecule has 2 aromatic carbocycles. The number of rotatable bonds is 12. The summed E-state index contributed by atoms with van der Waals surface area (Å²) in [7, 11) is 1.49. The van der Waals surface area contributed by atoms with Crippen molar-refractivity contribution < 1.29 is 32.9 Å². The van der Waals surface area contributed by atoms with Gasteiger partial charge >= 0.3 is 0 Å². The molecule has 37 heavy (non-hydrogen) atoms. The van der Waals surface area contributed by atoms with Crippen molar-refractivity contribution in [3.05, 3.63) is 59.3 Å². The number of alkyl halides is 3. The maximum atomic E-state index is 14.5. The van der Waals surface area contributed by atoms with Gasteiger partial charge in [-0.1, -0.05) is 18.2 Å². The van der Waals surface area contributed by atoms with Crippen molar-refractivity contribution in [3.63, 3.8) is 0 Å². The molecule has 2 heterocycles. The second-order valence-electron chi connectivity index (χ2n) is 9.42. The van der Waals surface area contributed by atoms with Crippen molar-refractivity contribution in [2.75, 3.05) is 40.0 Å². The number of fused-ring (bicyclic) bond motifs is 3. The average molecular weight is 522 g/mol. The monoisotopic (exact) mass is 521 g/mol. The van der Waals surface area contributed by atoms with Gasteiger partial charge in [0.25, 0.3) is 5.92 Å². The first-order chi connectivity index (χ1) is 17.8. The fourth-order valence-electron chi connectivity index (χ4n) is 4.93. The van der Waals surface area contributed by atoms with Gasteiger partial charge in [0.05, 0.1) is 26.4 Å². The van der Waals surface area contributed by atoms with Crippen LogP contribution in [0, 0.1) is 0 Å². The minimum absolute atomic E-state index is 0.150. The van der Waals surface area contributed by atoms with Crippen LogP contribution in [0.4, 0.5) is 13.2 Å². The Morgan fingerprint density at radius 3 is 2.76 bits per heavy atom. The quantitative estimate of drug-likeness (QED) is 0.271. The Morgan fingerprint density at radius 2 is 2.03 bits per heavy atom. The summed E-state index contributed by atoms with van der Waals surface area (Å²) in [5, 5.41) is 24.4. The second-order valence-corrected chi connectivity index (χ2v) is 9.42. The lowest BCUT2D eigenvalue weighted by atomic mass is 9.90. The number of aromatic nitrogens is 1. The molecule has 4 rings (SSSR count). The van der Waals surface area contributed by atoms with E-state index in [1.54, 1.807) is 18.2 Å². The summed E-state index contributed by atoms with van der Waals surface area (Å²) in [5.74, 6) is -2.48. The molecular formula is C27H34F3N3O4. The zero-order valence-corrected chi connectivity index (χ0v) is 21.0. The lowest BCUT2D eigenvalue weighted by molar-refractivity contribution is -0.120. The van der Waals surface area contributed by atoms with Crippen LogP contribution in [0.15, 0.2) is 42.5 Å². The Kier molecular flexibility index (Phi) is 8.63. The first kappa shape index (κ1) is 27.3. The normalized spacial score (nSPS) is 19.1. The van der Waals surface area contributed by atoms with E-state index in [1.807, 2.05) is 31.2 Å². The summed E-state index contributed by atoms with van der Waals surface area (Å²) in [6, 6.07) is 12.0. The summed E-state index contributed by atoms with van der Waals surface area (Å²) in [5.41, 5.74) is 2.89. The number of methoxy groups -OCH3 is 1. The minimum atomic E-state index is -3.43. The van der Waals surface area contributed by atoms with Crippen LogP contribution in [-0.2, 0) is 6.42 Å². The van der Waals surface area contributed by atoms with Gasteiger partial charge in [0.1, 0.15) is 30.4 Å². The van der Waals surface area contributed by atoms with E-state index in [-0.39, 0.29) is 19.2 Å². The molecule has 10 heteroatoms. The Bertz CT molecular complexity index is 1190. The van der Waals surface area contributed by atoms with E-state index in [2.05, 4.69) is 10.3 Å². The van der Waals surface area contributed by atoms with Gasteiger partial charge in [-0.25, -0.2) is 8.78 Å². The molecule has 3 aromatic rings. The molecule has 1 aromatic heterocycles. The lowest BCUT2D eigenvalue weighted by Gasteiger charge is -2.41. The van der Waals surface area contributed by atoms with E-state index in [9.17, 15) is 23.4 Å². The number of aliphatic hydroxyl groups excluding tert-OH is 2. The highest BCUT2D eigenvalue weighted by molar-refractivity contribution is 5.85. The number of hydrogen-bond donors (Lipinski definition) is 4. The Morgan fingerprint density at radius 1 is 1.24 bits per heavy atom. The standard InChI is InChI=1S/C27H34F3N3O4/c1-17(14-31-11-5-10-28)37-18-8-9-23(36-2)21(12-18)26-25-20(19-6-3-4-7-22(19)32-25)13-24(35)33(26)15-27(29,30)16-34/h3-4,6-9,12,17,24,26,31-32,34-35H,5,10-11,13-16H2,1-2H3/t17-,24-,26-/m1/s1. The molecule has 0 unspecified atom stereocenters. The van der Waals surface area contributed by atoms with Gasteiger partial charge in [0.2, 0.25) is 0 Å². The number of halogens is 3. The summed E-state index contributed by atoms with van der Waals surface area (Å²) < 4.78 is 53.0. The maximum absolute atomic E-state index is 14.5. The molecule has 4 N–H and O–H groups in total. The number of aromatic amines is 1. The van der Waals surface area contributed by atoms with Crippen LogP contribution in [0.2, 0.25) is 0 Å². The van der Waals surface area contributed by atoms with E-state index >= 15 is 0 Å². The zero-order valence-electron chi connectivity index (χ0n) is 21.0. The number of nitrogens with one attached hydrogen (secondary N) is 2. The van der Waals surface area contributed by atoms with Crippen LogP contribution in [0.3, 0.4) is 0 Å². The van der Waals surface area contributed by atoms with Crippen LogP contribution in [0.5, 0.6) is 11.5 Å². The van der Waals surface area contributed by atoms with Gasteiger partial charge in [-0.05, 0) is 49.7 Å². The van der Waals surface area contributed by atoms with Gasteiger partial charge in [0, 0.05) is 35.1 Å². The third-order valence-electron chi connectivity index (χ3n) is 6.62. The molecular weight excluding hydrogens is 487 g/mol. The number of aliphatic hydroxyl groups is 2. The summed E-state index contributed by atoms with van der Waals surface area (Å²) >= 11 is 0. The van der Waals surface area contributed by atoms with Gasteiger partial charge in [-0.3, -0.25) is 9.29 Å². The van der Waals surface area contributed by atoms with E-state index in [4.69, 9.17) is 9.47 Å². The number of benzene rings is 2. The third kappa shape index (κ3) is 6.04. The smallest absolute Gasteiger partial charge is 0.283 e. The molecule has 202 valence electrons. The van der Waals surface area contributed by atoms with E-state index in [0.29, 0.717) is 42.3 Å². The van der Waals surface area contributed by atoms with Gasteiger partial charge < -0.3 is 30.0 Å². The summed E-state index contributed by atoms with van der Waals surface area (Å²) in [6.07, 6.45) is -0.888. The highest BCUT2D eigenvalue weighted by Crippen LogP contribution is 2.45. The van der Waals surface area contributed by atoms with Crippen molar-refractivity contribution in [1.82, 2.24) is 15.2 Å². The van der Waals surface area contributed by atoms with E-state index in [1.165, 1.54) is 12.0 Å². The third-order valence-corrected chi connectivity index (χ3v) is 6.62. The first-order valence-electron chi connectivity index (χ1n) is 12.4. The number of ether oxygens (including phenoxy) is 2. The van der Waals surface area contributed by atoms with Crippen LogP contribution < -0.4 is 14.8 Å².